The third kappa shape index (κ3) is 3.19. The average Bonchev–Trinajstić information content (AvgIpc) is 2.87. The number of aryl methyl sites for hydroxylation is 1. The summed E-state index contributed by atoms with van der Waals surface area (Å²) in [5, 5.41) is 13.4. The summed E-state index contributed by atoms with van der Waals surface area (Å²) in [6.07, 6.45) is 1.30. The van der Waals surface area contributed by atoms with Crippen LogP contribution in [0.1, 0.15) is 16.1 Å². The number of rotatable bonds is 5. The van der Waals surface area contributed by atoms with Crippen LogP contribution < -0.4 is 10.1 Å². The minimum absolute atomic E-state index is 0.111. The first kappa shape index (κ1) is 14.6. The molecule has 0 fully saturated rings. The fourth-order valence-electron chi connectivity index (χ4n) is 1.99. The van der Waals surface area contributed by atoms with Crippen molar-refractivity contribution >= 4 is 11.6 Å². The number of nitrogens with one attached hydrogen (secondary N) is 1. The van der Waals surface area contributed by atoms with E-state index in [2.05, 4.69) is 5.32 Å². The van der Waals surface area contributed by atoms with Gasteiger partial charge in [-0.15, -0.1) is 0 Å². The number of carbonyl (C=O) groups is 1. The number of aromatic nitrogens is 1. The Kier molecular flexibility index (Phi) is 4.22. The zero-order chi connectivity index (χ0) is 15.4. The van der Waals surface area contributed by atoms with E-state index in [-0.39, 0.29) is 23.8 Å². The topological polar surface area (TPSA) is 86.4 Å². The van der Waals surface area contributed by atoms with Crippen molar-refractivity contribution in [1.29, 1.82) is 0 Å². The summed E-state index contributed by atoms with van der Waals surface area (Å²) in [7, 11) is 3.15. The van der Waals surface area contributed by atoms with E-state index in [1.165, 1.54) is 16.8 Å². The molecule has 0 unspecified atom stereocenters. The lowest BCUT2D eigenvalue weighted by Crippen LogP contribution is -2.24. The third-order valence-electron chi connectivity index (χ3n) is 3.07. The predicted octanol–water partition coefficient (Wildman–Crippen LogP) is 1.87. The largest absolute Gasteiger partial charge is 0.496 e. The highest BCUT2D eigenvalue weighted by molar-refractivity contribution is 5.93. The quantitative estimate of drug-likeness (QED) is 0.672. The number of benzene rings is 1. The predicted molar refractivity (Wildman–Crippen MR) is 76.2 cm³/mol. The van der Waals surface area contributed by atoms with Gasteiger partial charge in [0.2, 0.25) is 0 Å². The maximum absolute atomic E-state index is 12.1. The van der Waals surface area contributed by atoms with Crippen molar-refractivity contribution in [2.24, 2.45) is 7.05 Å². The Morgan fingerprint density at radius 1 is 1.43 bits per heavy atom. The minimum Gasteiger partial charge on any atom is -0.496 e. The Labute approximate surface area is 121 Å². The second kappa shape index (κ2) is 6.08. The molecule has 0 aliphatic carbocycles. The molecule has 1 aromatic heterocycles. The SMILES string of the molecule is COc1ccccc1CNC(=O)c1cc([N+](=O)[O-])cn1C. The molecular formula is C14H15N3O4. The van der Waals surface area contributed by atoms with Crippen LogP contribution in [0.15, 0.2) is 36.5 Å². The van der Waals surface area contributed by atoms with Crippen molar-refractivity contribution in [1.82, 2.24) is 9.88 Å². The maximum atomic E-state index is 12.1. The molecule has 7 heteroatoms. The number of hydrogen-bond donors (Lipinski definition) is 1. The van der Waals surface area contributed by atoms with Gasteiger partial charge < -0.3 is 14.6 Å². The van der Waals surface area contributed by atoms with Crippen molar-refractivity contribution in [3.05, 3.63) is 57.9 Å². The number of amides is 1. The summed E-state index contributed by atoms with van der Waals surface area (Å²) >= 11 is 0. The normalized spacial score (nSPS) is 10.2. The zero-order valence-corrected chi connectivity index (χ0v) is 11.7. The van der Waals surface area contributed by atoms with Gasteiger partial charge in [0.05, 0.1) is 18.2 Å². The van der Waals surface area contributed by atoms with Crippen molar-refractivity contribution in [3.63, 3.8) is 0 Å². The number of carbonyl (C=O) groups excluding carboxylic acids is 1. The van der Waals surface area contributed by atoms with Crippen molar-refractivity contribution in [2.45, 2.75) is 6.54 Å². The fraction of sp³-hybridized carbons (Fsp3) is 0.214. The second-order valence-electron chi connectivity index (χ2n) is 4.45. The molecule has 0 saturated heterocycles. The minimum atomic E-state index is -0.531. The molecule has 0 atom stereocenters. The molecule has 0 bridgehead atoms. The summed E-state index contributed by atoms with van der Waals surface area (Å²) in [6, 6.07) is 8.57. The van der Waals surface area contributed by atoms with Crippen LogP contribution in [-0.4, -0.2) is 22.5 Å². The molecule has 0 aliphatic rings. The van der Waals surface area contributed by atoms with Crippen LogP contribution >= 0.6 is 0 Å². The van der Waals surface area contributed by atoms with E-state index in [0.717, 1.165) is 5.56 Å². The lowest BCUT2D eigenvalue weighted by atomic mass is 10.2. The number of nitro groups is 1. The summed E-state index contributed by atoms with van der Waals surface area (Å²) in [5.41, 5.74) is 0.952. The standard InChI is InChI=1S/C14H15N3O4/c1-16-9-11(17(19)20)7-12(16)14(18)15-8-10-5-3-4-6-13(10)21-2/h3-7,9H,8H2,1-2H3,(H,15,18). The van der Waals surface area contributed by atoms with Crippen LogP contribution in [0.4, 0.5) is 5.69 Å². The zero-order valence-electron chi connectivity index (χ0n) is 11.7. The van der Waals surface area contributed by atoms with E-state index in [4.69, 9.17) is 4.74 Å². The molecule has 1 N–H and O–H groups in total. The van der Waals surface area contributed by atoms with E-state index < -0.39 is 4.92 Å². The van der Waals surface area contributed by atoms with Gasteiger partial charge in [-0.1, -0.05) is 18.2 Å². The van der Waals surface area contributed by atoms with Crippen molar-refractivity contribution in [2.75, 3.05) is 7.11 Å². The Morgan fingerprint density at radius 3 is 2.76 bits per heavy atom. The molecule has 1 amide bonds. The first-order valence-electron chi connectivity index (χ1n) is 6.23. The summed E-state index contributed by atoms with van der Waals surface area (Å²) < 4.78 is 6.62. The summed E-state index contributed by atoms with van der Waals surface area (Å²) in [4.78, 5) is 22.2. The van der Waals surface area contributed by atoms with Gasteiger partial charge in [-0.2, -0.15) is 0 Å². The highest BCUT2D eigenvalue weighted by Gasteiger charge is 2.17. The van der Waals surface area contributed by atoms with Gasteiger partial charge >= 0.3 is 0 Å². The highest BCUT2D eigenvalue weighted by Crippen LogP contribution is 2.18. The Balaban J connectivity index is 2.10. The third-order valence-corrected chi connectivity index (χ3v) is 3.07. The van der Waals surface area contributed by atoms with Gasteiger partial charge in [0, 0.05) is 25.2 Å². The molecule has 0 spiro atoms. The number of para-hydroxylation sites is 1. The smallest absolute Gasteiger partial charge is 0.287 e. The van der Waals surface area contributed by atoms with E-state index in [9.17, 15) is 14.9 Å². The van der Waals surface area contributed by atoms with Gasteiger partial charge in [-0.05, 0) is 6.07 Å². The number of hydrogen-bond acceptors (Lipinski definition) is 4. The summed E-state index contributed by atoms with van der Waals surface area (Å²) in [5.74, 6) is 0.298. The van der Waals surface area contributed by atoms with Gasteiger partial charge in [0.15, 0.2) is 0 Å². The molecule has 0 aliphatic heterocycles. The molecular weight excluding hydrogens is 274 g/mol. The molecule has 1 aromatic carbocycles. The van der Waals surface area contributed by atoms with Gasteiger partial charge in [0.1, 0.15) is 11.4 Å². The monoisotopic (exact) mass is 289 g/mol. The molecule has 21 heavy (non-hydrogen) atoms. The second-order valence-corrected chi connectivity index (χ2v) is 4.45. The van der Waals surface area contributed by atoms with Gasteiger partial charge in [-0.25, -0.2) is 0 Å². The van der Waals surface area contributed by atoms with Crippen LogP contribution in [-0.2, 0) is 13.6 Å². The molecule has 2 rings (SSSR count). The lowest BCUT2D eigenvalue weighted by Gasteiger charge is -2.09. The molecule has 0 saturated carbocycles. The Bertz CT molecular complexity index is 679. The summed E-state index contributed by atoms with van der Waals surface area (Å²) in [6.45, 7) is 0.280. The van der Waals surface area contributed by atoms with E-state index in [0.29, 0.717) is 5.75 Å². The van der Waals surface area contributed by atoms with E-state index >= 15 is 0 Å². The molecule has 1 heterocycles. The number of methoxy groups -OCH3 is 1. The van der Waals surface area contributed by atoms with Gasteiger partial charge in [0.25, 0.3) is 11.6 Å². The Hall–Kier alpha value is -2.83. The van der Waals surface area contributed by atoms with Crippen molar-refractivity contribution in [3.8, 4) is 5.75 Å². The number of nitrogens with zero attached hydrogens (tertiary/aromatic N) is 2. The Morgan fingerprint density at radius 2 is 2.14 bits per heavy atom. The van der Waals surface area contributed by atoms with Crippen LogP contribution in [0.25, 0.3) is 0 Å². The van der Waals surface area contributed by atoms with Crippen molar-refractivity contribution < 1.29 is 14.5 Å². The van der Waals surface area contributed by atoms with Crippen LogP contribution in [0, 0.1) is 10.1 Å². The van der Waals surface area contributed by atoms with Crippen LogP contribution in [0.2, 0.25) is 0 Å². The lowest BCUT2D eigenvalue weighted by molar-refractivity contribution is -0.384. The van der Waals surface area contributed by atoms with Crippen LogP contribution in [0.5, 0.6) is 5.75 Å². The van der Waals surface area contributed by atoms with E-state index in [1.54, 1.807) is 20.2 Å². The first-order chi connectivity index (χ1) is 10.0. The van der Waals surface area contributed by atoms with Gasteiger partial charge in [-0.3, -0.25) is 14.9 Å². The van der Waals surface area contributed by atoms with E-state index in [1.807, 2.05) is 18.2 Å². The average molecular weight is 289 g/mol. The molecule has 2 aromatic rings. The molecule has 0 radical (unpaired) electrons. The highest BCUT2D eigenvalue weighted by atomic mass is 16.6. The molecule has 7 nitrogen and oxygen atoms in total. The first-order valence-corrected chi connectivity index (χ1v) is 6.23. The number of ether oxygens (including phenoxy) is 1. The van der Waals surface area contributed by atoms with Crippen LogP contribution in [0.3, 0.4) is 0 Å². The fourth-order valence-corrected chi connectivity index (χ4v) is 1.99. The molecule has 110 valence electrons. The maximum Gasteiger partial charge on any atom is 0.287 e.